The van der Waals surface area contributed by atoms with Crippen molar-refractivity contribution in [2.75, 3.05) is 26.4 Å². The Morgan fingerprint density at radius 1 is 0.564 bits per heavy atom. The van der Waals surface area contributed by atoms with Crippen LogP contribution >= 0.6 is 7.82 Å². The Balaban J connectivity index is 4.21. The zero-order valence-corrected chi connectivity index (χ0v) is 36.1. The van der Waals surface area contributed by atoms with Crippen LogP contribution in [0.4, 0.5) is 0 Å². The molecule has 3 N–H and O–H groups in total. The van der Waals surface area contributed by atoms with Crippen LogP contribution in [0.25, 0.3) is 0 Å². The van der Waals surface area contributed by atoms with Gasteiger partial charge in [-0.15, -0.1) is 6.58 Å². The molecule has 0 aromatic heterocycles. The lowest BCUT2D eigenvalue weighted by molar-refractivity contribution is -0.161. The number of hydrogen-bond donors (Lipinski definition) is 3. The summed E-state index contributed by atoms with van der Waals surface area (Å²) in [6.07, 6.45) is 37.8. The summed E-state index contributed by atoms with van der Waals surface area (Å²) in [6.45, 7) is 3.94. The second kappa shape index (κ2) is 40.9. The fourth-order valence-electron chi connectivity index (χ4n) is 6.56. The smallest absolute Gasteiger partial charge is 0.462 e. The van der Waals surface area contributed by atoms with Gasteiger partial charge in [-0.05, 0) is 25.7 Å². The highest BCUT2D eigenvalue weighted by Gasteiger charge is 2.27. The molecule has 0 rings (SSSR count). The molecule has 0 radical (unpaired) electrons. The van der Waals surface area contributed by atoms with Crippen molar-refractivity contribution >= 4 is 19.8 Å². The third-order valence-electron chi connectivity index (χ3n) is 10.1. The summed E-state index contributed by atoms with van der Waals surface area (Å²) in [5, 5.41) is 18.3. The predicted octanol–water partition coefficient (Wildman–Crippen LogP) is 12.0. The van der Waals surface area contributed by atoms with E-state index in [0.717, 1.165) is 44.9 Å². The van der Waals surface area contributed by atoms with Crippen LogP contribution in [-0.2, 0) is 32.7 Å². The normalized spacial score (nSPS) is 13.7. The van der Waals surface area contributed by atoms with Crippen LogP contribution in [-0.4, -0.2) is 65.7 Å². The molecule has 0 saturated carbocycles. The maximum Gasteiger partial charge on any atom is 0.472 e. The van der Waals surface area contributed by atoms with Gasteiger partial charge in [0.1, 0.15) is 12.7 Å². The zero-order valence-electron chi connectivity index (χ0n) is 35.2. The molecule has 326 valence electrons. The number of ether oxygens (including phenoxy) is 2. The van der Waals surface area contributed by atoms with E-state index in [4.69, 9.17) is 23.6 Å². The number of phosphoric acid groups is 1. The van der Waals surface area contributed by atoms with Gasteiger partial charge in [-0.1, -0.05) is 186 Å². The minimum absolute atomic E-state index is 0.187. The molecule has 55 heavy (non-hydrogen) atoms. The van der Waals surface area contributed by atoms with E-state index in [1.807, 2.05) is 6.08 Å². The number of unbranched alkanes of at least 4 members (excludes halogenated alkanes) is 29. The lowest BCUT2D eigenvalue weighted by Crippen LogP contribution is -2.29. The Morgan fingerprint density at radius 2 is 0.927 bits per heavy atom. The van der Waals surface area contributed by atoms with Crippen molar-refractivity contribution in [3.05, 3.63) is 12.7 Å². The number of esters is 2. The topological polar surface area (TPSA) is 149 Å². The molecule has 0 aromatic rings. The van der Waals surface area contributed by atoms with Crippen molar-refractivity contribution < 1.29 is 47.8 Å². The average Bonchev–Trinajstić information content (AvgIpc) is 3.17. The third kappa shape index (κ3) is 40.7. The molecule has 11 heteroatoms. The van der Waals surface area contributed by atoms with Gasteiger partial charge in [0.2, 0.25) is 0 Å². The van der Waals surface area contributed by atoms with Gasteiger partial charge in [-0.25, -0.2) is 4.57 Å². The molecule has 0 saturated heterocycles. The summed E-state index contributed by atoms with van der Waals surface area (Å²) in [7, 11) is -4.61. The molecule has 0 bridgehead atoms. The molecule has 0 aliphatic heterocycles. The van der Waals surface area contributed by atoms with Gasteiger partial charge < -0.3 is 24.6 Å². The van der Waals surface area contributed by atoms with E-state index >= 15 is 0 Å². The Labute approximate surface area is 336 Å². The minimum Gasteiger partial charge on any atom is -0.462 e. The molecule has 3 atom stereocenters. The van der Waals surface area contributed by atoms with E-state index in [9.17, 15) is 24.2 Å². The first-order chi connectivity index (χ1) is 26.7. The van der Waals surface area contributed by atoms with Crippen LogP contribution in [0, 0.1) is 0 Å². The quantitative estimate of drug-likeness (QED) is 0.0235. The Bertz CT molecular complexity index is 917. The first-order valence-corrected chi connectivity index (χ1v) is 24.1. The van der Waals surface area contributed by atoms with Gasteiger partial charge >= 0.3 is 19.8 Å². The van der Waals surface area contributed by atoms with Crippen molar-refractivity contribution in [1.29, 1.82) is 0 Å². The SMILES string of the molecule is C=CCCCCCCCCCCCCCCCC(=O)O[C@H](COC(=O)CCCCCCCCCCCCCCCCCCC)COP(=O)(O)OC[C@@H](O)CO. The van der Waals surface area contributed by atoms with E-state index in [1.165, 1.54) is 141 Å². The summed E-state index contributed by atoms with van der Waals surface area (Å²) in [6, 6.07) is 0. The van der Waals surface area contributed by atoms with E-state index in [1.54, 1.807) is 0 Å². The standard InChI is InChI=1S/C44H85O10P/c1-3-5-7-9-11-13-15-17-19-20-22-23-25-27-29-31-33-35-43(47)51-39-42(40-53-55(49,50)52-38-41(46)37-45)54-44(48)36-34-32-30-28-26-24-21-18-16-14-12-10-8-6-4-2/h4,41-42,45-46H,2-3,5-40H2,1H3,(H,49,50)/t41-,42+/m0/s1. The van der Waals surface area contributed by atoms with Crippen molar-refractivity contribution in [3.63, 3.8) is 0 Å². The first-order valence-electron chi connectivity index (χ1n) is 22.6. The van der Waals surface area contributed by atoms with E-state index in [2.05, 4.69) is 13.5 Å². The van der Waals surface area contributed by atoms with Gasteiger partial charge in [0.15, 0.2) is 6.10 Å². The maximum absolute atomic E-state index is 12.6. The summed E-state index contributed by atoms with van der Waals surface area (Å²) < 4.78 is 32.7. The molecule has 0 amide bonds. The monoisotopic (exact) mass is 805 g/mol. The van der Waals surface area contributed by atoms with Crippen molar-refractivity contribution in [1.82, 2.24) is 0 Å². The van der Waals surface area contributed by atoms with Gasteiger partial charge in [0.05, 0.1) is 19.8 Å². The molecular weight excluding hydrogens is 719 g/mol. The second-order valence-electron chi connectivity index (χ2n) is 15.5. The summed E-state index contributed by atoms with van der Waals surface area (Å²) in [4.78, 5) is 35.0. The highest BCUT2D eigenvalue weighted by molar-refractivity contribution is 7.47. The number of carbonyl (C=O) groups is 2. The number of aliphatic hydroxyl groups is 2. The molecule has 0 fully saturated rings. The van der Waals surface area contributed by atoms with Crippen LogP contribution in [0.2, 0.25) is 0 Å². The van der Waals surface area contributed by atoms with Crippen molar-refractivity contribution in [3.8, 4) is 0 Å². The fourth-order valence-corrected chi connectivity index (χ4v) is 7.35. The van der Waals surface area contributed by atoms with Crippen LogP contribution in [0.1, 0.15) is 219 Å². The number of phosphoric ester groups is 1. The predicted molar refractivity (Wildman–Crippen MR) is 224 cm³/mol. The molecule has 0 aliphatic carbocycles. The molecule has 0 spiro atoms. The Kier molecular flexibility index (Phi) is 39.9. The Morgan fingerprint density at radius 3 is 1.33 bits per heavy atom. The van der Waals surface area contributed by atoms with Gasteiger partial charge in [0.25, 0.3) is 0 Å². The molecule has 0 aromatic carbocycles. The fraction of sp³-hybridized carbons (Fsp3) is 0.909. The molecule has 10 nitrogen and oxygen atoms in total. The summed E-state index contributed by atoms with van der Waals surface area (Å²) in [5.74, 6) is -0.914. The first kappa shape index (κ1) is 53.7. The minimum atomic E-state index is -4.61. The molecule has 0 heterocycles. The molecular formula is C44H85O10P. The summed E-state index contributed by atoms with van der Waals surface area (Å²) in [5.41, 5.74) is 0. The number of hydrogen-bond acceptors (Lipinski definition) is 9. The van der Waals surface area contributed by atoms with Crippen LogP contribution in [0.3, 0.4) is 0 Å². The summed E-state index contributed by atoms with van der Waals surface area (Å²) >= 11 is 0. The number of rotatable bonds is 44. The highest BCUT2D eigenvalue weighted by Crippen LogP contribution is 2.43. The number of aliphatic hydroxyl groups excluding tert-OH is 2. The number of carbonyl (C=O) groups excluding carboxylic acids is 2. The lowest BCUT2D eigenvalue weighted by atomic mass is 10.0. The largest absolute Gasteiger partial charge is 0.472 e. The van der Waals surface area contributed by atoms with Crippen LogP contribution in [0.5, 0.6) is 0 Å². The van der Waals surface area contributed by atoms with E-state index < -0.39 is 51.8 Å². The van der Waals surface area contributed by atoms with Crippen molar-refractivity contribution in [2.24, 2.45) is 0 Å². The van der Waals surface area contributed by atoms with Crippen molar-refractivity contribution in [2.45, 2.75) is 231 Å². The second-order valence-corrected chi connectivity index (χ2v) is 17.0. The van der Waals surface area contributed by atoms with Gasteiger partial charge in [-0.3, -0.25) is 18.6 Å². The lowest BCUT2D eigenvalue weighted by Gasteiger charge is -2.20. The highest BCUT2D eigenvalue weighted by atomic mass is 31.2. The zero-order chi connectivity index (χ0) is 40.5. The average molecular weight is 805 g/mol. The van der Waals surface area contributed by atoms with Crippen LogP contribution < -0.4 is 0 Å². The van der Waals surface area contributed by atoms with Gasteiger partial charge in [-0.2, -0.15) is 0 Å². The van der Waals surface area contributed by atoms with Gasteiger partial charge in [0, 0.05) is 12.8 Å². The number of allylic oxidation sites excluding steroid dienone is 1. The molecule has 0 aliphatic rings. The van der Waals surface area contributed by atoms with E-state index in [-0.39, 0.29) is 19.4 Å². The third-order valence-corrected chi connectivity index (χ3v) is 11.0. The van der Waals surface area contributed by atoms with E-state index in [0.29, 0.717) is 12.8 Å². The van der Waals surface area contributed by atoms with Crippen LogP contribution in [0.15, 0.2) is 12.7 Å². The Hall–Kier alpha value is -1.29. The molecule has 1 unspecified atom stereocenters. The maximum atomic E-state index is 12.6.